The topological polar surface area (TPSA) is 91.5 Å². The van der Waals surface area contributed by atoms with Gasteiger partial charge >= 0.3 is 5.97 Å². The van der Waals surface area contributed by atoms with Crippen molar-refractivity contribution in [3.8, 4) is 0 Å². The Morgan fingerprint density at radius 1 is 1.09 bits per heavy atom. The molecule has 2 aromatic carbocycles. The van der Waals surface area contributed by atoms with Gasteiger partial charge in [0.25, 0.3) is 5.91 Å². The number of hydrogen-bond donors (Lipinski definition) is 2. The Bertz CT molecular complexity index is 1250. The minimum absolute atomic E-state index is 0.180. The van der Waals surface area contributed by atoms with Crippen molar-refractivity contribution in [3.05, 3.63) is 70.9 Å². The highest BCUT2D eigenvalue weighted by Gasteiger charge is 2.44. The number of nitrogens with one attached hydrogen (secondary N) is 2. The summed E-state index contributed by atoms with van der Waals surface area (Å²) in [5.41, 5.74) is 4.35. The maximum Gasteiger partial charge on any atom is 0.328 e. The van der Waals surface area contributed by atoms with E-state index in [-0.39, 0.29) is 17.7 Å². The summed E-state index contributed by atoms with van der Waals surface area (Å²) in [5.74, 6) is -0.903. The normalized spacial score (nSPS) is 17.1. The third-order valence-corrected chi connectivity index (χ3v) is 6.52. The zero-order valence-corrected chi connectivity index (χ0v) is 20.2. The number of amides is 2. The van der Waals surface area contributed by atoms with Crippen molar-refractivity contribution in [3.63, 3.8) is 0 Å². The minimum Gasteiger partial charge on any atom is -0.467 e. The van der Waals surface area contributed by atoms with Crippen molar-refractivity contribution in [2.75, 3.05) is 7.11 Å². The number of methoxy groups -OCH3 is 1. The first-order valence-electron chi connectivity index (χ1n) is 11.6. The quantitative estimate of drug-likeness (QED) is 0.518. The third kappa shape index (κ3) is 4.06. The Hall–Kier alpha value is -3.61. The van der Waals surface area contributed by atoms with Gasteiger partial charge in [-0.05, 0) is 43.9 Å². The van der Waals surface area contributed by atoms with E-state index in [0.29, 0.717) is 12.0 Å². The predicted octanol–water partition coefficient (Wildman–Crippen LogP) is 4.11. The summed E-state index contributed by atoms with van der Waals surface area (Å²) in [6.45, 7) is 7.64. The highest BCUT2D eigenvalue weighted by molar-refractivity contribution is 6.03. The van der Waals surface area contributed by atoms with Crippen LogP contribution in [0.3, 0.4) is 0 Å². The van der Waals surface area contributed by atoms with Crippen molar-refractivity contribution >= 4 is 28.7 Å². The van der Waals surface area contributed by atoms with Gasteiger partial charge in [-0.2, -0.15) is 0 Å². The van der Waals surface area contributed by atoms with Crippen LogP contribution in [0.1, 0.15) is 60.4 Å². The molecule has 178 valence electrons. The number of aromatic amines is 1. The number of benzene rings is 2. The molecule has 7 heteroatoms. The lowest BCUT2D eigenvalue weighted by molar-refractivity contribution is -0.146. The van der Waals surface area contributed by atoms with E-state index in [1.165, 1.54) is 7.11 Å². The van der Waals surface area contributed by atoms with Crippen LogP contribution >= 0.6 is 0 Å². The third-order valence-electron chi connectivity index (χ3n) is 6.52. The zero-order valence-electron chi connectivity index (χ0n) is 20.2. The van der Waals surface area contributed by atoms with E-state index in [9.17, 15) is 14.4 Å². The summed E-state index contributed by atoms with van der Waals surface area (Å²) >= 11 is 0. The van der Waals surface area contributed by atoms with Crippen molar-refractivity contribution < 1.29 is 19.1 Å². The molecular weight excluding hydrogens is 430 g/mol. The number of carbonyl (C=O) groups is 3. The summed E-state index contributed by atoms with van der Waals surface area (Å²) in [6, 6.07) is 13.4. The molecule has 0 radical (unpaired) electrons. The number of nitrogens with zero attached hydrogens (tertiary/aromatic N) is 1. The summed E-state index contributed by atoms with van der Waals surface area (Å²) in [7, 11) is 1.31. The second-order valence-corrected chi connectivity index (χ2v) is 9.30. The predicted molar refractivity (Wildman–Crippen MR) is 130 cm³/mol. The number of esters is 1. The molecule has 2 amide bonds. The molecule has 3 aromatic rings. The van der Waals surface area contributed by atoms with Crippen LogP contribution in [0, 0.1) is 12.8 Å². The van der Waals surface area contributed by atoms with Gasteiger partial charge in [0.15, 0.2) is 0 Å². The number of rotatable bonds is 7. The maximum absolute atomic E-state index is 13.6. The Morgan fingerprint density at radius 3 is 2.47 bits per heavy atom. The average molecular weight is 462 g/mol. The van der Waals surface area contributed by atoms with Crippen LogP contribution in [0.4, 0.5) is 0 Å². The Kier molecular flexibility index (Phi) is 6.46. The van der Waals surface area contributed by atoms with Gasteiger partial charge in [-0.15, -0.1) is 0 Å². The monoisotopic (exact) mass is 461 g/mol. The second-order valence-electron chi connectivity index (χ2n) is 9.30. The highest BCUT2D eigenvalue weighted by Crippen LogP contribution is 2.43. The number of carbonyl (C=O) groups excluding carboxylic acids is 3. The number of fused-ring (bicyclic) bond motifs is 2. The fourth-order valence-electron chi connectivity index (χ4n) is 4.93. The average Bonchev–Trinajstić information content (AvgIpc) is 3.30. The van der Waals surface area contributed by atoms with Crippen LogP contribution in [0.2, 0.25) is 0 Å². The van der Waals surface area contributed by atoms with E-state index < -0.39 is 24.1 Å². The first kappa shape index (κ1) is 23.5. The molecular formula is C27H31N3O4. The standard InChI is InChI=1S/C27H31N3O4/c1-15(2)14-22(27(33)34-5)29-25(31)17(4)30-24(18-10-6-7-11-19(18)26(30)32)23-16(3)28-21-13-9-8-12-20(21)23/h6-13,15,17,22,24,28H,14H2,1-5H3,(H,29,31). The van der Waals surface area contributed by atoms with Crippen LogP contribution in [0.15, 0.2) is 48.5 Å². The van der Waals surface area contributed by atoms with E-state index in [0.717, 1.165) is 27.7 Å². The number of para-hydroxylation sites is 1. The molecule has 0 aliphatic carbocycles. The lowest BCUT2D eigenvalue weighted by Gasteiger charge is -2.32. The maximum atomic E-state index is 13.6. The Balaban J connectivity index is 1.75. The van der Waals surface area contributed by atoms with Gasteiger partial charge in [-0.1, -0.05) is 50.2 Å². The summed E-state index contributed by atoms with van der Waals surface area (Å²) in [5, 5.41) is 3.84. The Labute approximate surface area is 199 Å². The van der Waals surface area contributed by atoms with Crippen LogP contribution < -0.4 is 5.32 Å². The lowest BCUT2D eigenvalue weighted by atomic mass is 9.95. The molecule has 3 atom stereocenters. The molecule has 7 nitrogen and oxygen atoms in total. The Morgan fingerprint density at radius 2 is 1.76 bits per heavy atom. The lowest BCUT2D eigenvalue weighted by Crippen LogP contribution is -2.52. The largest absolute Gasteiger partial charge is 0.467 e. The van der Waals surface area contributed by atoms with E-state index in [2.05, 4.69) is 10.3 Å². The molecule has 4 rings (SSSR count). The molecule has 3 unspecified atom stereocenters. The molecule has 2 heterocycles. The number of aromatic nitrogens is 1. The summed E-state index contributed by atoms with van der Waals surface area (Å²) in [6.07, 6.45) is 0.449. The van der Waals surface area contributed by atoms with Crippen molar-refractivity contribution in [1.29, 1.82) is 0 Å². The minimum atomic E-state index is -0.808. The van der Waals surface area contributed by atoms with E-state index in [1.54, 1.807) is 17.9 Å². The van der Waals surface area contributed by atoms with E-state index in [1.807, 2.05) is 63.2 Å². The molecule has 0 bridgehead atoms. The van der Waals surface area contributed by atoms with Gasteiger partial charge in [0, 0.05) is 27.7 Å². The highest BCUT2D eigenvalue weighted by atomic mass is 16.5. The van der Waals surface area contributed by atoms with Gasteiger partial charge in [-0.3, -0.25) is 9.59 Å². The number of hydrogen-bond acceptors (Lipinski definition) is 4. The smallest absolute Gasteiger partial charge is 0.328 e. The summed E-state index contributed by atoms with van der Waals surface area (Å²) in [4.78, 5) is 44.3. The molecule has 1 aromatic heterocycles. The molecule has 0 spiro atoms. The summed E-state index contributed by atoms with van der Waals surface area (Å²) < 4.78 is 4.90. The van der Waals surface area contributed by atoms with Crippen LogP contribution in [-0.4, -0.2) is 46.9 Å². The van der Waals surface area contributed by atoms with E-state index >= 15 is 0 Å². The van der Waals surface area contributed by atoms with Crippen molar-refractivity contribution in [2.45, 2.75) is 52.2 Å². The fourth-order valence-corrected chi connectivity index (χ4v) is 4.93. The van der Waals surface area contributed by atoms with Crippen LogP contribution in [-0.2, 0) is 14.3 Å². The zero-order chi connectivity index (χ0) is 24.6. The molecule has 0 saturated carbocycles. The van der Waals surface area contributed by atoms with Gasteiger partial charge in [0.2, 0.25) is 5.91 Å². The number of H-pyrrole nitrogens is 1. The molecule has 1 aliphatic rings. The molecule has 1 aliphatic heterocycles. The molecule has 0 fully saturated rings. The number of aryl methyl sites for hydroxylation is 1. The SMILES string of the molecule is COC(=O)C(CC(C)C)NC(=O)C(C)N1C(=O)c2ccccc2C1c1c(C)[nH]c2ccccc12. The van der Waals surface area contributed by atoms with E-state index in [4.69, 9.17) is 4.74 Å². The van der Waals surface area contributed by atoms with Gasteiger partial charge in [0.05, 0.1) is 13.2 Å². The van der Waals surface area contributed by atoms with Crippen LogP contribution in [0.5, 0.6) is 0 Å². The number of ether oxygens (including phenoxy) is 1. The first-order valence-corrected chi connectivity index (χ1v) is 11.6. The molecule has 0 saturated heterocycles. The van der Waals surface area contributed by atoms with Gasteiger partial charge < -0.3 is 19.9 Å². The van der Waals surface area contributed by atoms with Gasteiger partial charge in [-0.25, -0.2) is 4.79 Å². The molecule has 34 heavy (non-hydrogen) atoms. The first-order chi connectivity index (χ1) is 16.2. The van der Waals surface area contributed by atoms with Crippen molar-refractivity contribution in [1.82, 2.24) is 15.2 Å². The van der Waals surface area contributed by atoms with Crippen LogP contribution in [0.25, 0.3) is 10.9 Å². The molecule has 2 N–H and O–H groups in total. The fraction of sp³-hybridized carbons (Fsp3) is 0.370. The van der Waals surface area contributed by atoms with Crippen molar-refractivity contribution in [2.24, 2.45) is 5.92 Å². The second kappa shape index (κ2) is 9.33. The van der Waals surface area contributed by atoms with Gasteiger partial charge in [0.1, 0.15) is 12.1 Å².